The quantitative estimate of drug-likeness (QED) is 0.689. The smallest absolute Gasteiger partial charge is 0.134 e. The van der Waals surface area contributed by atoms with Crippen LogP contribution in [0.15, 0.2) is 18.2 Å². The molecule has 1 fully saturated rings. The standard InChI is InChI=1S/C15H18O5/c1-3-9-6-10(4-5-13(9)19-2)15-14(18)12(17)7-11(8-16)20-15/h1,4-6,11-12,14-18H,7-8H2,2H3. The number of methoxy groups -OCH3 is 1. The van der Waals surface area contributed by atoms with Gasteiger partial charge in [-0.3, -0.25) is 0 Å². The Morgan fingerprint density at radius 2 is 2.20 bits per heavy atom. The molecule has 3 N–H and O–H groups in total. The van der Waals surface area contributed by atoms with Crippen molar-refractivity contribution in [2.24, 2.45) is 0 Å². The number of aliphatic hydroxyl groups is 3. The van der Waals surface area contributed by atoms with E-state index in [0.29, 0.717) is 16.9 Å². The van der Waals surface area contributed by atoms with Gasteiger partial charge in [0.05, 0.1) is 31.5 Å². The van der Waals surface area contributed by atoms with Gasteiger partial charge in [0.15, 0.2) is 0 Å². The molecule has 0 saturated carbocycles. The molecule has 20 heavy (non-hydrogen) atoms. The van der Waals surface area contributed by atoms with Crippen LogP contribution in [0.5, 0.6) is 5.75 Å². The third-order valence-electron chi connectivity index (χ3n) is 3.46. The summed E-state index contributed by atoms with van der Waals surface area (Å²) >= 11 is 0. The molecule has 1 aliphatic heterocycles. The molecule has 5 heteroatoms. The van der Waals surface area contributed by atoms with E-state index in [0.717, 1.165) is 0 Å². The predicted molar refractivity (Wildman–Crippen MR) is 72.3 cm³/mol. The van der Waals surface area contributed by atoms with Gasteiger partial charge in [0, 0.05) is 6.42 Å². The fraction of sp³-hybridized carbons (Fsp3) is 0.467. The molecular formula is C15H18O5. The van der Waals surface area contributed by atoms with Crippen LogP contribution in [0.1, 0.15) is 23.7 Å². The molecule has 1 heterocycles. The number of aliphatic hydroxyl groups excluding tert-OH is 3. The highest BCUT2D eigenvalue weighted by atomic mass is 16.5. The Labute approximate surface area is 117 Å². The van der Waals surface area contributed by atoms with Crippen LogP contribution in [0, 0.1) is 12.3 Å². The minimum Gasteiger partial charge on any atom is -0.495 e. The van der Waals surface area contributed by atoms with Crippen LogP contribution < -0.4 is 4.74 Å². The molecule has 5 nitrogen and oxygen atoms in total. The number of hydrogen-bond donors (Lipinski definition) is 3. The summed E-state index contributed by atoms with van der Waals surface area (Å²) in [7, 11) is 1.52. The topological polar surface area (TPSA) is 79.2 Å². The van der Waals surface area contributed by atoms with E-state index < -0.39 is 24.4 Å². The lowest BCUT2D eigenvalue weighted by atomic mass is 9.92. The third-order valence-corrected chi connectivity index (χ3v) is 3.46. The number of ether oxygens (including phenoxy) is 2. The monoisotopic (exact) mass is 278 g/mol. The summed E-state index contributed by atoms with van der Waals surface area (Å²) in [6.45, 7) is -0.210. The van der Waals surface area contributed by atoms with Crippen LogP contribution in [-0.2, 0) is 4.74 Å². The zero-order valence-electron chi connectivity index (χ0n) is 11.2. The van der Waals surface area contributed by atoms with Crippen molar-refractivity contribution in [1.82, 2.24) is 0 Å². The Morgan fingerprint density at radius 3 is 2.80 bits per heavy atom. The van der Waals surface area contributed by atoms with E-state index in [9.17, 15) is 15.3 Å². The second-order valence-electron chi connectivity index (χ2n) is 4.76. The lowest BCUT2D eigenvalue weighted by molar-refractivity contribution is -0.179. The van der Waals surface area contributed by atoms with Gasteiger partial charge in [0.1, 0.15) is 18.0 Å². The fourth-order valence-electron chi connectivity index (χ4n) is 2.36. The Kier molecular flexibility index (Phi) is 4.63. The maximum atomic E-state index is 10.1. The summed E-state index contributed by atoms with van der Waals surface area (Å²) in [6.07, 6.45) is 2.38. The predicted octanol–water partition coefficient (Wildman–Crippen LogP) is 0.221. The van der Waals surface area contributed by atoms with Crippen molar-refractivity contribution in [3.63, 3.8) is 0 Å². The van der Waals surface area contributed by atoms with Crippen LogP contribution >= 0.6 is 0 Å². The zero-order valence-corrected chi connectivity index (χ0v) is 11.2. The summed E-state index contributed by atoms with van der Waals surface area (Å²) in [6, 6.07) is 5.09. The molecule has 0 aromatic heterocycles. The summed E-state index contributed by atoms with van der Waals surface area (Å²) in [4.78, 5) is 0. The van der Waals surface area contributed by atoms with Gasteiger partial charge < -0.3 is 24.8 Å². The van der Waals surface area contributed by atoms with Gasteiger partial charge in [-0.15, -0.1) is 6.42 Å². The van der Waals surface area contributed by atoms with Gasteiger partial charge in [0.25, 0.3) is 0 Å². The molecule has 4 atom stereocenters. The van der Waals surface area contributed by atoms with Crippen molar-refractivity contribution < 1.29 is 24.8 Å². The minimum absolute atomic E-state index is 0.201. The van der Waals surface area contributed by atoms with Crippen molar-refractivity contribution in [3.8, 4) is 18.1 Å². The van der Waals surface area contributed by atoms with Gasteiger partial charge in [0.2, 0.25) is 0 Å². The molecule has 1 saturated heterocycles. The van der Waals surface area contributed by atoms with Crippen LogP contribution in [0.25, 0.3) is 0 Å². The summed E-state index contributed by atoms with van der Waals surface area (Å²) in [5.74, 6) is 3.06. The van der Waals surface area contributed by atoms with Crippen LogP contribution in [0.3, 0.4) is 0 Å². The number of benzene rings is 1. The first-order chi connectivity index (χ1) is 9.60. The normalized spacial score (nSPS) is 29.8. The molecule has 4 unspecified atom stereocenters. The van der Waals surface area contributed by atoms with Crippen LogP contribution in [-0.4, -0.2) is 47.3 Å². The van der Waals surface area contributed by atoms with Gasteiger partial charge >= 0.3 is 0 Å². The van der Waals surface area contributed by atoms with E-state index in [4.69, 9.17) is 15.9 Å². The van der Waals surface area contributed by atoms with Gasteiger partial charge in [-0.2, -0.15) is 0 Å². The fourth-order valence-corrected chi connectivity index (χ4v) is 2.36. The highest BCUT2D eigenvalue weighted by Gasteiger charge is 2.37. The Balaban J connectivity index is 2.32. The van der Waals surface area contributed by atoms with Crippen molar-refractivity contribution in [3.05, 3.63) is 29.3 Å². The second-order valence-corrected chi connectivity index (χ2v) is 4.76. The molecule has 1 aliphatic rings. The molecule has 0 radical (unpaired) electrons. The highest BCUT2D eigenvalue weighted by molar-refractivity contribution is 5.47. The minimum atomic E-state index is -1.06. The van der Waals surface area contributed by atoms with Gasteiger partial charge in [-0.25, -0.2) is 0 Å². The number of terminal acetylenes is 1. The van der Waals surface area contributed by atoms with Gasteiger partial charge in [-0.05, 0) is 17.7 Å². The van der Waals surface area contributed by atoms with E-state index in [1.54, 1.807) is 18.2 Å². The zero-order chi connectivity index (χ0) is 14.7. The molecule has 1 aromatic carbocycles. The van der Waals surface area contributed by atoms with E-state index >= 15 is 0 Å². The SMILES string of the molecule is C#Cc1cc(C2OC(CO)CC(O)C2O)ccc1OC. The number of hydrogen-bond acceptors (Lipinski definition) is 5. The molecular weight excluding hydrogens is 260 g/mol. The molecule has 0 bridgehead atoms. The van der Waals surface area contributed by atoms with E-state index in [-0.39, 0.29) is 13.0 Å². The van der Waals surface area contributed by atoms with Crippen LogP contribution in [0.4, 0.5) is 0 Å². The van der Waals surface area contributed by atoms with Crippen molar-refractivity contribution in [2.45, 2.75) is 30.8 Å². The highest BCUT2D eigenvalue weighted by Crippen LogP contribution is 2.33. The summed E-state index contributed by atoms with van der Waals surface area (Å²) in [5.41, 5.74) is 1.19. The maximum absolute atomic E-state index is 10.1. The second kappa shape index (κ2) is 6.25. The molecule has 0 aliphatic carbocycles. The Hall–Kier alpha value is -1.58. The van der Waals surface area contributed by atoms with E-state index in [1.165, 1.54) is 7.11 Å². The van der Waals surface area contributed by atoms with E-state index in [2.05, 4.69) is 5.92 Å². The largest absolute Gasteiger partial charge is 0.495 e. The Morgan fingerprint density at radius 1 is 1.45 bits per heavy atom. The average Bonchev–Trinajstić information content (AvgIpc) is 2.49. The first-order valence-electron chi connectivity index (χ1n) is 6.37. The first kappa shape index (κ1) is 14.8. The van der Waals surface area contributed by atoms with Gasteiger partial charge in [-0.1, -0.05) is 12.0 Å². The summed E-state index contributed by atoms with van der Waals surface area (Å²) < 4.78 is 10.7. The average molecular weight is 278 g/mol. The molecule has 1 aromatic rings. The first-order valence-corrected chi connectivity index (χ1v) is 6.37. The van der Waals surface area contributed by atoms with Crippen molar-refractivity contribution in [1.29, 1.82) is 0 Å². The Bertz CT molecular complexity index is 507. The molecule has 2 rings (SSSR count). The van der Waals surface area contributed by atoms with Crippen molar-refractivity contribution in [2.75, 3.05) is 13.7 Å². The van der Waals surface area contributed by atoms with E-state index in [1.807, 2.05) is 0 Å². The lowest BCUT2D eigenvalue weighted by Crippen LogP contribution is -2.44. The third kappa shape index (κ3) is 2.79. The van der Waals surface area contributed by atoms with Crippen molar-refractivity contribution >= 4 is 0 Å². The molecule has 0 spiro atoms. The summed E-state index contributed by atoms with van der Waals surface area (Å²) in [5, 5.41) is 29.1. The molecule has 108 valence electrons. The van der Waals surface area contributed by atoms with Crippen LogP contribution in [0.2, 0.25) is 0 Å². The molecule has 0 amide bonds. The number of rotatable bonds is 3. The maximum Gasteiger partial charge on any atom is 0.134 e. The lowest BCUT2D eigenvalue weighted by Gasteiger charge is -2.36.